The molecule has 0 aromatic heterocycles. The summed E-state index contributed by atoms with van der Waals surface area (Å²) in [5.41, 5.74) is 7.72. The van der Waals surface area contributed by atoms with Crippen molar-refractivity contribution in [2.75, 3.05) is 6.54 Å². The quantitative estimate of drug-likeness (QED) is 0.833. The van der Waals surface area contributed by atoms with Crippen molar-refractivity contribution in [3.63, 3.8) is 0 Å². The van der Waals surface area contributed by atoms with Gasteiger partial charge in [0, 0.05) is 18.7 Å². The predicted molar refractivity (Wildman–Crippen MR) is 84.3 cm³/mol. The molecule has 0 unspecified atom stereocenters. The van der Waals surface area contributed by atoms with E-state index >= 15 is 0 Å². The number of carbonyl (C=O) groups is 1. The molecule has 0 atom stereocenters. The average Bonchev–Trinajstić information content (AvgIpc) is 2.50. The summed E-state index contributed by atoms with van der Waals surface area (Å²) in [7, 11) is 0. The first-order valence-electron chi connectivity index (χ1n) is 6.87. The van der Waals surface area contributed by atoms with Gasteiger partial charge in [-0.25, -0.2) is 4.39 Å². The minimum absolute atomic E-state index is 0.255. The van der Waals surface area contributed by atoms with Gasteiger partial charge < -0.3 is 5.73 Å². The third kappa shape index (κ3) is 4.44. The molecule has 0 aliphatic rings. The van der Waals surface area contributed by atoms with E-state index in [1.165, 1.54) is 12.1 Å². The molecule has 0 spiro atoms. The molecule has 0 saturated carbocycles. The lowest BCUT2D eigenvalue weighted by Crippen LogP contribution is -2.23. The Morgan fingerprint density at radius 1 is 1.05 bits per heavy atom. The van der Waals surface area contributed by atoms with Gasteiger partial charge in [-0.15, -0.1) is 6.42 Å². The van der Waals surface area contributed by atoms with Crippen molar-refractivity contribution >= 4 is 5.91 Å². The minimum atomic E-state index is -0.446. The fourth-order valence-electron chi connectivity index (χ4n) is 2.18. The Bertz CT molecular complexity index is 672. The molecule has 2 aromatic carbocycles. The molecule has 0 aliphatic carbocycles. The second-order valence-corrected chi connectivity index (χ2v) is 5.04. The third-order valence-electron chi connectivity index (χ3n) is 3.28. The highest BCUT2D eigenvalue weighted by molar-refractivity contribution is 5.92. The summed E-state index contributed by atoms with van der Waals surface area (Å²) in [5, 5.41) is 0. The number of nitrogens with zero attached hydrogens (tertiary/aromatic N) is 1. The van der Waals surface area contributed by atoms with Gasteiger partial charge in [0.05, 0.1) is 6.54 Å². The Morgan fingerprint density at radius 3 is 2.00 bits per heavy atom. The summed E-state index contributed by atoms with van der Waals surface area (Å²) in [6.45, 7) is 1.75. The van der Waals surface area contributed by atoms with Crippen molar-refractivity contribution < 1.29 is 9.18 Å². The molecule has 1 amide bonds. The van der Waals surface area contributed by atoms with Crippen molar-refractivity contribution in [1.82, 2.24) is 4.90 Å². The molecule has 22 heavy (non-hydrogen) atoms. The molecule has 0 radical (unpaired) electrons. The van der Waals surface area contributed by atoms with Gasteiger partial charge in [0.1, 0.15) is 5.82 Å². The zero-order valence-electron chi connectivity index (χ0n) is 12.1. The van der Waals surface area contributed by atoms with Crippen molar-refractivity contribution in [2.24, 2.45) is 5.73 Å². The van der Waals surface area contributed by atoms with E-state index in [9.17, 15) is 9.18 Å². The smallest absolute Gasteiger partial charge is 0.248 e. The molecule has 2 rings (SSSR count). The maximum absolute atomic E-state index is 12.9. The Labute approximate surface area is 129 Å². The second kappa shape index (κ2) is 7.39. The first-order valence-corrected chi connectivity index (χ1v) is 6.87. The van der Waals surface area contributed by atoms with Crippen molar-refractivity contribution in [1.29, 1.82) is 0 Å². The molecule has 0 saturated heterocycles. The maximum Gasteiger partial charge on any atom is 0.248 e. The van der Waals surface area contributed by atoms with Crippen LogP contribution >= 0.6 is 0 Å². The van der Waals surface area contributed by atoms with E-state index in [1.54, 1.807) is 24.3 Å². The van der Waals surface area contributed by atoms with Crippen LogP contribution in [0.3, 0.4) is 0 Å². The van der Waals surface area contributed by atoms with Crippen molar-refractivity contribution in [3.8, 4) is 12.3 Å². The van der Waals surface area contributed by atoms with E-state index in [-0.39, 0.29) is 5.82 Å². The summed E-state index contributed by atoms with van der Waals surface area (Å²) in [6, 6.07) is 13.5. The van der Waals surface area contributed by atoms with E-state index in [0.29, 0.717) is 25.2 Å². The first-order chi connectivity index (χ1) is 10.6. The molecular weight excluding hydrogens is 279 g/mol. The Morgan fingerprint density at radius 2 is 1.55 bits per heavy atom. The zero-order valence-corrected chi connectivity index (χ0v) is 12.1. The highest BCUT2D eigenvalue weighted by Crippen LogP contribution is 2.11. The fourth-order valence-corrected chi connectivity index (χ4v) is 2.18. The summed E-state index contributed by atoms with van der Waals surface area (Å²) >= 11 is 0. The van der Waals surface area contributed by atoms with Gasteiger partial charge in [-0.2, -0.15) is 0 Å². The van der Waals surface area contributed by atoms with E-state index in [1.807, 2.05) is 12.1 Å². The highest BCUT2D eigenvalue weighted by atomic mass is 19.1. The molecule has 4 heteroatoms. The number of hydrogen-bond donors (Lipinski definition) is 1. The molecule has 0 bridgehead atoms. The predicted octanol–water partition coefficient (Wildman–Crippen LogP) is 2.56. The van der Waals surface area contributed by atoms with Gasteiger partial charge in [0.25, 0.3) is 0 Å². The molecule has 3 nitrogen and oxygen atoms in total. The first kappa shape index (κ1) is 15.7. The monoisotopic (exact) mass is 296 g/mol. The van der Waals surface area contributed by atoms with E-state index in [4.69, 9.17) is 12.2 Å². The van der Waals surface area contributed by atoms with Gasteiger partial charge in [-0.1, -0.05) is 30.2 Å². The van der Waals surface area contributed by atoms with Crippen LogP contribution in [0, 0.1) is 18.2 Å². The van der Waals surface area contributed by atoms with Gasteiger partial charge in [0.15, 0.2) is 0 Å². The number of benzene rings is 2. The lowest BCUT2D eigenvalue weighted by molar-refractivity contribution is 0.100. The zero-order chi connectivity index (χ0) is 15.9. The number of nitrogens with two attached hydrogens (primary N) is 1. The van der Waals surface area contributed by atoms with Crippen LogP contribution in [-0.2, 0) is 13.1 Å². The number of terminal acetylenes is 1. The van der Waals surface area contributed by atoms with Gasteiger partial charge in [0.2, 0.25) is 5.91 Å². The number of hydrogen-bond acceptors (Lipinski definition) is 2. The van der Waals surface area contributed by atoms with Crippen LogP contribution in [0.25, 0.3) is 0 Å². The van der Waals surface area contributed by atoms with Crippen LogP contribution in [-0.4, -0.2) is 17.4 Å². The molecule has 2 aromatic rings. The van der Waals surface area contributed by atoms with Gasteiger partial charge >= 0.3 is 0 Å². The van der Waals surface area contributed by atoms with E-state index in [2.05, 4.69) is 10.8 Å². The third-order valence-corrected chi connectivity index (χ3v) is 3.28. The summed E-state index contributed by atoms with van der Waals surface area (Å²) in [6.07, 6.45) is 5.41. The number of primary amides is 1. The van der Waals surface area contributed by atoms with Crippen LogP contribution in [0.5, 0.6) is 0 Å². The second-order valence-electron chi connectivity index (χ2n) is 5.04. The number of amides is 1. The number of carbonyl (C=O) groups excluding carboxylic acids is 1. The van der Waals surface area contributed by atoms with Crippen molar-refractivity contribution in [2.45, 2.75) is 13.1 Å². The van der Waals surface area contributed by atoms with Crippen molar-refractivity contribution in [3.05, 3.63) is 71.0 Å². The molecule has 112 valence electrons. The molecular formula is C18H17FN2O. The molecule has 0 heterocycles. The average molecular weight is 296 g/mol. The topological polar surface area (TPSA) is 46.3 Å². The van der Waals surface area contributed by atoms with Crippen LogP contribution in [0.4, 0.5) is 4.39 Å². The largest absolute Gasteiger partial charge is 0.366 e. The Kier molecular flexibility index (Phi) is 5.29. The van der Waals surface area contributed by atoms with E-state index in [0.717, 1.165) is 11.1 Å². The summed E-state index contributed by atoms with van der Waals surface area (Å²) in [4.78, 5) is 13.1. The SMILES string of the molecule is C#CCN(Cc1ccc(F)cc1)Cc1ccc(C(N)=O)cc1. The summed E-state index contributed by atoms with van der Waals surface area (Å²) in [5.74, 6) is 1.93. The minimum Gasteiger partial charge on any atom is -0.366 e. The number of halogens is 1. The van der Waals surface area contributed by atoms with Gasteiger partial charge in [-0.3, -0.25) is 9.69 Å². The standard InChI is InChI=1S/C18H17FN2O/c1-2-11-21(13-15-5-9-17(19)10-6-15)12-14-3-7-16(8-4-14)18(20)22/h1,3-10H,11-13H2,(H2,20,22). The highest BCUT2D eigenvalue weighted by Gasteiger charge is 2.07. The van der Waals surface area contributed by atoms with Gasteiger partial charge in [-0.05, 0) is 35.4 Å². The van der Waals surface area contributed by atoms with Crippen LogP contribution in [0.2, 0.25) is 0 Å². The maximum atomic E-state index is 12.9. The normalized spacial score (nSPS) is 10.4. The van der Waals surface area contributed by atoms with E-state index < -0.39 is 5.91 Å². The lowest BCUT2D eigenvalue weighted by atomic mass is 10.1. The fraction of sp³-hybridized carbons (Fsp3) is 0.167. The van der Waals surface area contributed by atoms with Crippen LogP contribution in [0.1, 0.15) is 21.5 Å². The Balaban J connectivity index is 2.06. The molecule has 0 fully saturated rings. The van der Waals surface area contributed by atoms with Crippen LogP contribution in [0.15, 0.2) is 48.5 Å². The lowest BCUT2D eigenvalue weighted by Gasteiger charge is -2.20. The molecule has 0 aliphatic heterocycles. The molecule has 2 N–H and O–H groups in total. The number of rotatable bonds is 6. The Hall–Kier alpha value is -2.64. The van der Waals surface area contributed by atoms with Crippen LogP contribution < -0.4 is 5.73 Å². The summed E-state index contributed by atoms with van der Waals surface area (Å²) < 4.78 is 12.9.